The first-order valence-corrected chi connectivity index (χ1v) is 7.15. The second-order valence-electron chi connectivity index (χ2n) is 4.91. The van der Waals surface area contributed by atoms with Gasteiger partial charge in [0.05, 0.1) is 0 Å². The third kappa shape index (κ3) is 5.80. The van der Waals surface area contributed by atoms with E-state index in [1.54, 1.807) is 0 Å². The monoisotopic (exact) mass is 314 g/mol. The van der Waals surface area contributed by atoms with Gasteiger partial charge in [-0.05, 0) is 17.5 Å². The topological polar surface area (TPSA) is 90.7 Å². The third-order valence-electron chi connectivity index (χ3n) is 3.08. The lowest BCUT2D eigenvalue weighted by atomic mass is 10.1. The van der Waals surface area contributed by atoms with E-state index in [4.69, 9.17) is 5.73 Å². The Morgan fingerprint density at radius 2 is 1.48 bits per heavy atom. The van der Waals surface area contributed by atoms with Gasteiger partial charge >= 0.3 is 12.1 Å². The summed E-state index contributed by atoms with van der Waals surface area (Å²) in [5.74, 6) is -0.802. The standard InChI is InChI=1S/C17H18N2O4/c18-15(11-13-7-3-1-4-8-13)16(20)22-23-17(21)19-12-14-9-5-2-6-10-14/h1-10,15H,11-12,18H2,(H,19,21). The molecule has 0 aliphatic heterocycles. The van der Waals surface area contributed by atoms with Crippen molar-refractivity contribution in [3.63, 3.8) is 0 Å². The van der Waals surface area contributed by atoms with Gasteiger partial charge in [0.25, 0.3) is 0 Å². The molecule has 120 valence electrons. The molecule has 0 saturated heterocycles. The second kappa shape index (κ2) is 8.55. The normalized spacial score (nSPS) is 11.3. The number of nitrogens with two attached hydrogens (primary N) is 1. The molecular weight excluding hydrogens is 296 g/mol. The molecule has 6 heteroatoms. The molecule has 2 aromatic rings. The second-order valence-corrected chi connectivity index (χ2v) is 4.91. The van der Waals surface area contributed by atoms with Crippen molar-refractivity contribution in [2.75, 3.05) is 0 Å². The number of nitrogens with one attached hydrogen (secondary N) is 1. The lowest BCUT2D eigenvalue weighted by molar-refractivity contribution is -0.233. The quantitative estimate of drug-likeness (QED) is 0.650. The summed E-state index contributed by atoms with van der Waals surface area (Å²) in [6, 6.07) is 17.6. The van der Waals surface area contributed by atoms with E-state index < -0.39 is 18.1 Å². The van der Waals surface area contributed by atoms with Crippen LogP contribution in [0.15, 0.2) is 60.7 Å². The first kappa shape index (κ1) is 16.5. The summed E-state index contributed by atoms with van der Waals surface area (Å²) in [5, 5.41) is 2.46. The Bertz CT molecular complexity index is 632. The SMILES string of the molecule is NC(Cc1ccccc1)C(=O)OOC(=O)NCc1ccccc1. The van der Waals surface area contributed by atoms with Gasteiger partial charge in [-0.2, -0.15) is 0 Å². The molecule has 0 saturated carbocycles. The number of carbonyl (C=O) groups is 2. The molecule has 3 N–H and O–H groups in total. The predicted molar refractivity (Wildman–Crippen MR) is 84.0 cm³/mol. The first-order chi connectivity index (χ1) is 11.1. The third-order valence-corrected chi connectivity index (χ3v) is 3.08. The minimum Gasteiger partial charge on any atom is -0.318 e. The number of hydrogen-bond acceptors (Lipinski definition) is 5. The Morgan fingerprint density at radius 1 is 0.913 bits per heavy atom. The Kier molecular flexibility index (Phi) is 6.14. The molecule has 0 heterocycles. The number of carbonyl (C=O) groups excluding carboxylic acids is 2. The molecule has 0 radical (unpaired) electrons. The van der Waals surface area contributed by atoms with Crippen molar-refractivity contribution in [3.8, 4) is 0 Å². The summed E-state index contributed by atoms with van der Waals surface area (Å²) >= 11 is 0. The number of amides is 1. The highest BCUT2D eigenvalue weighted by atomic mass is 17.2. The maximum absolute atomic E-state index is 11.7. The van der Waals surface area contributed by atoms with Crippen LogP contribution < -0.4 is 11.1 Å². The summed E-state index contributed by atoms with van der Waals surface area (Å²) in [6.45, 7) is 0.271. The van der Waals surface area contributed by atoms with Gasteiger partial charge in [0.2, 0.25) is 0 Å². The van der Waals surface area contributed by atoms with Gasteiger partial charge < -0.3 is 11.1 Å². The van der Waals surface area contributed by atoms with Gasteiger partial charge in [0.15, 0.2) is 0 Å². The molecule has 0 aliphatic rings. The Labute approximate surface area is 134 Å². The zero-order valence-electron chi connectivity index (χ0n) is 12.5. The van der Waals surface area contributed by atoms with Crippen LogP contribution in [0.2, 0.25) is 0 Å². The van der Waals surface area contributed by atoms with Gasteiger partial charge in [-0.1, -0.05) is 60.7 Å². The number of hydrogen-bond donors (Lipinski definition) is 2. The van der Waals surface area contributed by atoms with Crippen LogP contribution in [0.1, 0.15) is 11.1 Å². The van der Waals surface area contributed by atoms with Crippen LogP contribution >= 0.6 is 0 Å². The highest BCUT2D eigenvalue weighted by molar-refractivity contribution is 5.76. The Morgan fingerprint density at radius 3 is 2.09 bits per heavy atom. The van der Waals surface area contributed by atoms with Crippen molar-refractivity contribution in [2.45, 2.75) is 19.0 Å². The van der Waals surface area contributed by atoms with E-state index in [0.29, 0.717) is 6.42 Å². The summed E-state index contributed by atoms with van der Waals surface area (Å²) in [7, 11) is 0. The summed E-state index contributed by atoms with van der Waals surface area (Å²) in [6.07, 6.45) is -0.552. The first-order valence-electron chi connectivity index (χ1n) is 7.15. The van der Waals surface area contributed by atoms with E-state index in [-0.39, 0.29) is 6.54 Å². The summed E-state index contributed by atoms with van der Waals surface area (Å²) < 4.78 is 0. The van der Waals surface area contributed by atoms with Gasteiger partial charge in [-0.15, -0.1) is 0 Å². The van der Waals surface area contributed by atoms with Crippen molar-refractivity contribution >= 4 is 12.1 Å². The van der Waals surface area contributed by atoms with Crippen LogP contribution in [0.3, 0.4) is 0 Å². The molecule has 0 fully saturated rings. The molecule has 2 rings (SSSR count). The van der Waals surface area contributed by atoms with E-state index in [1.165, 1.54) is 0 Å². The van der Waals surface area contributed by atoms with E-state index in [2.05, 4.69) is 15.1 Å². The van der Waals surface area contributed by atoms with Crippen LogP contribution in [-0.4, -0.2) is 18.1 Å². The van der Waals surface area contributed by atoms with E-state index in [1.807, 2.05) is 60.7 Å². The number of rotatable bonds is 5. The minimum absolute atomic E-state index is 0.271. The predicted octanol–water partition coefficient (Wildman–Crippen LogP) is 1.94. The highest BCUT2D eigenvalue weighted by Gasteiger charge is 2.18. The van der Waals surface area contributed by atoms with Gasteiger partial charge in [0, 0.05) is 6.54 Å². The van der Waals surface area contributed by atoms with Crippen molar-refractivity contribution < 1.29 is 19.4 Å². The molecule has 1 atom stereocenters. The molecule has 0 aliphatic carbocycles. The van der Waals surface area contributed by atoms with Crippen LogP contribution in [0.5, 0.6) is 0 Å². The number of benzene rings is 2. The van der Waals surface area contributed by atoms with Crippen molar-refractivity contribution in [1.82, 2.24) is 5.32 Å². The molecule has 1 unspecified atom stereocenters. The van der Waals surface area contributed by atoms with Gasteiger partial charge in [0.1, 0.15) is 6.04 Å². The lowest BCUT2D eigenvalue weighted by Crippen LogP contribution is -2.36. The average Bonchev–Trinajstić information content (AvgIpc) is 2.59. The lowest BCUT2D eigenvalue weighted by Gasteiger charge is -2.10. The highest BCUT2D eigenvalue weighted by Crippen LogP contribution is 2.03. The molecule has 0 aromatic heterocycles. The van der Waals surface area contributed by atoms with Crippen LogP contribution in [0, 0.1) is 0 Å². The fourth-order valence-electron chi connectivity index (χ4n) is 1.89. The summed E-state index contributed by atoms with van der Waals surface area (Å²) in [5.41, 5.74) is 7.51. The minimum atomic E-state index is -0.903. The van der Waals surface area contributed by atoms with E-state index in [9.17, 15) is 9.59 Å². The van der Waals surface area contributed by atoms with Crippen LogP contribution in [-0.2, 0) is 27.5 Å². The fraction of sp³-hybridized carbons (Fsp3) is 0.176. The molecule has 23 heavy (non-hydrogen) atoms. The van der Waals surface area contributed by atoms with Gasteiger partial charge in [-0.25, -0.2) is 19.4 Å². The molecule has 1 amide bonds. The van der Waals surface area contributed by atoms with Gasteiger partial charge in [-0.3, -0.25) is 0 Å². The maximum Gasteiger partial charge on any atom is 0.450 e. The molecule has 0 spiro atoms. The van der Waals surface area contributed by atoms with E-state index in [0.717, 1.165) is 11.1 Å². The van der Waals surface area contributed by atoms with Crippen LogP contribution in [0.4, 0.5) is 4.79 Å². The Balaban J connectivity index is 1.70. The van der Waals surface area contributed by atoms with Crippen molar-refractivity contribution in [1.29, 1.82) is 0 Å². The maximum atomic E-state index is 11.7. The zero-order chi connectivity index (χ0) is 16.5. The summed E-state index contributed by atoms with van der Waals surface area (Å²) in [4.78, 5) is 32.0. The smallest absolute Gasteiger partial charge is 0.318 e. The molecule has 6 nitrogen and oxygen atoms in total. The molecular formula is C17H18N2O4. The van der Waals surface area contributed by atoms with Crippen molar-refractivity contribution in [2.24, 2.45) is 5.73 Å². The van der Waals surface area contributed by atoms with Crippen LogP contribution in [0.25, 0.3) is 0 Å². The Hall–Kier alpha value is -2.86. The fourth-order valence-corrected chi connectivity index (χ4v) is 1.89. The van der Waals surface area contributed by atoms with E-state index >= 15 is 0 Å². The van der Waals surface area contributed by atoms with Crippen molar-refractivity contribution in [3.05, 3.63) is 71.8 Å². The molecule has 2 aromatic carbocycles. The molecule has 0 bridgehead atoms. The largest absolute Gasteiger partial charge is 0.450 e. The zero-order valence-corrected chi connectivity index (χ0v) is 12.5. The average molecular weight is 314 g/mol.